The number of hydrogen-bond donors (Lipinski definition) is 1. The van der Waals surface area contributed by atoms with E-state index in [1.807, 2.05) is 12.1 Å². The average molecular weight is 469 g/mol. The molecule has 1 amide bonds. The number of nitrogens with zero attached hydrogens (tertiary/aromatic N) is 4. The van der Waals surface area contributed by atoms with Crippen LogP contribution in [0, 0.1) is 18.3 Å². The van der Waals surface area contributed by atoms with Crippen LogP contribution in [-0.2, 0) is 17.4 Å². The van der Waals surface area contributed by atoms with Crippen molar-refractivity contribution < 1.29 is 22.4 Å². The highest BCUT2D eigenvalue weighted by Gasteiger charge is 2.38. The van der Waals surface area contributed by atoms with Crippen molar-refractivity contribution in [2.24, 2.45) is 0 Å². The summed E-state index contributed by atoms with van der Waals surface area (Å²) in [5.74, 6) is -0.760. The quantitative estimate of drug-likeness (QED) is 0.580. The number of halogens is 3. The van der Waals surface area contributed by atoms with Crippen LogP contribution in [0.2, 0.25) is 0 Å². The Morgan fingerprint density at radius 1 is 1.24 bits per heavy atom. The molecule has 1 atom stereocenters. The molecule has 7 nitrogen and oxygen atoms in total. The summed E-state index contributed by atoms with van der Waals surface area (Å²) in [6, 6.07) is 13.1. The molecule has 2 aromatic heterocycles. The number of anilines is 1. The Hall–Kier alpha value is -3.87. The Kier molecular flexibility index (Phi) is 6.54. The highest BCUT2D eigenvalue weighted by molar-refractivity contribution is 5.85. The Morgan fingerprint density at radius 2 is 2.00 bits per heavy atom. The van der Waals surface area contributed by atoms with Crippen molar-refractivity contribution in [3.63, 3.8) is 0 Å². The van der Waals surface area contributed by atoms with Gasteiger partial charge in [0.1, 0.15) is 23.3 Å². The van der Waals surface area contributed by atoms with E-state index in [1.54, 1.807) is 36.1 Å². The number of benzene rings is 1. The van der Waals surface area contributed by atoms with Crippen LogP contribution in [0.25, 0.3) is 11.5 Å². The maximum atomic E-state index is 13.5. The minimum atomic E-state index is -4.75. The van der Waals surface area contributed by atoms with Crippen LogP contribution in [0.5, 0.6) is 0 Å². The van der Waals surface area contributed by atoms with Crippen molar-refractivity contribution in [2.75, 3.05) is 18.0 Å². The Bertz CT molecular complexity index is 1210. The van der Waals surface area contributed by atoms with Gasteiger partial charge in [0.05, 0.1) is 11.6 Å². The second-order valence-electron chi connectivity index (χ2n) is 8.04. The van der Waals surface area contributed by atoms with Crippen molar-refractivity contribution in [3.8, 4) is 17.5 Å². The SMILES string of the molecule is Cc1ccc(-c2cc(N3CCC[C@H]3C(=O)NCCc3ccc(C#N)cc3)nc(C(F)(F)F)n2)o1. The second kappa shape index (κ2) is 9.55. The van der Waals surface area contributed by atoms with Crippen LogP contribution < -0.4 is 10.2 Å². The van der Waals surface area contributed by atoms with Crippen LogP contribution in [-0.4, -0.2) is 35.0 Å². The van der Waals surface area contributed by atoms with Crippen LogP contribution in [0.1, 0.15) is 35.6 Å². The molecule has 0 spiro atoms. The zero-order valence-electron chi connectivity index (χ0n) is 18.4. The maximum absolute atomic E-state index is 13.5. The van der Waals surface area contributed by atoms with Crippen molar-refractivity contribution in [1.29, 1.82) is 5.26 Å². The number of furan rings is 1. The van der Waals surface area contributed by atoms with E-state index in [4.69, 9.17) is 9.68 Å². The number of nitrogens with one attached hydrogen (secondary N) is 1. The normalized spacial score (nSPS) is 15.9. The molecule has 1 aromatic carbocycles. The van der Waals surface area contributed by atoms with E-state index >= 15 is 0 Å². The first-order valence-electron chi connectivity index (χ1n) is 10.8. The lowest BCUT2D eigenvalue weighted by atomic mass is 10.1. The van der Waals surface area contributed by atoms with E-state index in [0.717, 1.165) is 5.56 Å². The molecule has 1 fully saturated rings. The number of alkyl halides is 3. The van der Waals surface area contributed by atoms with E-state index in [1.165, 1.54) is 6.07 Å². The minimum absolute atomic E-state index is 0.0114. The molecule has 176 valence electrons. The summed E-state index contributed by atoms with van der Waals surface area (Å²) >= 11 is 0. The van der Waals surface area contributed by atoms with E-state index < -0.39 is 18.0 Å². The van der Waals surface area contributed by atoms with Gasteiger partial charge in [-0.25, -0.2) is 9.97 Å². The number of nitriles is 1. The van der Waals surface area contributed by atoms with Crippen LogP contribution in [0.15, 0.2) is 46.9 Å². The van der Waals surface area contributed by atoms with Gasteiger partial charge in [-0.1, -0.05) is 12.1 Å². The molecule has 1 saturated heterocycles. The van der Waals surface area contributed by atoms with Crippen molar-refractivity contribution in [2.45, 2.75) is 38.4 Å². The summed E-state index contributed by atoms with van der Waals surface area (Å²) in [6.07, 6.45) is -3.03. The largest absolute Gasteiger partial charge is 0.460 e. The number of carbonyl (C=O) groups excluding carboxylic acids is 1. The predicted molar refractivity (Wildman–Crippen MR) is 118 cm³/mol. The molecule has 0 aliphatic carbocycles. The first-order chi connectivity index (χ1) is 16.2. The third-order valence-corrected chi connectivity index (χ3v) is 5.60. The lowest BCUT2D eigenvalue weighted by Crippen LogP contribution is -2.44. The molecule has 3 heterocycles. The fraction of sp³-hybridized carbons (Fsp3) is 0.333. The molecule has 0 unspecified atom stereocenters. The molecule has 0 saturated carbocycles. The molecule has 34 heavy (non-hydrogen) atoms. The predicted octanol–water partition coefficient (Wildman–Crippen LogP) is 4.26. The third-order valence-electron chi connectivity index (χ3n) is 5.60. The first-order valence-corrected chi connectivity index (χ1v) is 10.8. The molecule has 0 radical (unpaired) electrons. The third kappa shape index (κ3) is 5.20. The Morgan fingerprint density at radius 3 is 2.65 bits per heavy atom. The molecule has 1 aliphatic rings. The van der Waals surface area contributed by atoms with Crippen molar-refractivity contribution >= 4 is 11.7 Å². The fourth-order valence-corrected chi connectivity index (χ4v) is 3.91. The van der Waals surface area contributed by atoms with Gasteiger partial charge in [0.2, 0.25) is 11.7 Å². The summed E-state index contributed by atoms with van der Waals surface area (Å²) < 4.78 is 46.0. The fourth-order valence-electron chi connectivity index (χ4n) is 3.91. The van der Waals surface area contributed by atoms with Gasteiger partial charge >= 0.3 is 6.18 Å². The standard InChI is InChI=1S/C24H22F3N5O2/c1-15-4-9-20(34-15)18-13-21(31-23(30-18)24(25,26)27)32-12-2-3-19(32)22(33)29-11-10-16-5-7-17(14-28)8-6-16/h4-9,13,19H,2-3,10-12H2,1H3,(H,29,33)/t19-/m0/s1. The number of aromatic nitrogens is 2. The van der Waals surface area contributed by atoms with Gasteiger partial charge in [0, 0.05) is 19.2 Å². The lowest BCUT2D eigenvalue weighted by molar-refractivity contribution is -0.144. The monoisotopic (exact) mass is 469 g/mol. The molecule has 4 rings (SSSR count). The molecule has 10 heteroatoms. The topological polar surface area (TPSA) is 95.1 Å². The van der Waals surface area contributed by atoms with Crippen LogP contribution >= 0.6 is 0 Å². The molecular weight excluding hydrogens is 447 g/mol. The first kappa shape index (κ1) is 23.3. The molecule has 1 N–H and O–H groups in total. The van der Waals surface area contributed by atoms with Gasteiger partial charge in [0.15, 0.2) is 5.76 Å². The zero-order chi connectivity index (χ0) is 24.3. The van der Waals surface area contributed by atoms with E-state index in [9.17, 15) is 18.0 Å². The van der Waals surface area contributed by atoms with Gasteiger partial charge < -0.3 is 14.6 Å². The number of aryl methyl sites for hydroxylation is 1. The van der Waals surface area contributed by atoms with Crippen molar-refractivity contribution in [1.82, 2.24) is 15.3 Å². The zero-order valence-corrected chi connectivity index (χ0v) is 18.4. The van der Waals surface area contributed by atoms with E-state index in [-0.39, 0.29) is 23.2 Å². The van der Waals surface area contributed by atoms with Gasteiger partial charge in [-0.2, -0.15) is 18.4 Å². The molecule has 0 bridgehead atoms. The summed E-state index contributed by atoms with van der Waals surface area (Å²) in [5.41, 5.74) is 1.53. The van der Waals surface area contributed by atoms with Gasteiger partial charge in [-0.3, -0.25) is 4.79 Å². The van der Waals surface area contributed by atoms with Gasteiger partial charge in [0.25, 0.3) is 0 Å². The van der Waals surface area contributed by atoms with Crippen LogP contribution in [0.3, 0.4) is 0 Å². The lowest BCUT2D eigenvalue weighted by Gasteiger charge is -2.25. The van der Waals surface area contributed by atoms with Gasteiger partial charge in [-0.05, 0) is 56.0 Å². The summed E-state index contributed by atoms with van der Waals surface area (Å²) in [7, 11) is 0. The summed E-state index contributed by atoms with van der Waals surface area (Å²) in [4.78, 5) is 21.9. The Balaban J connectivity index is 1.51. The Labute approximate surface area is 194 Å². The smallest absolute Gasteiger partial charge is 0.451 e. The summed E-state index contributed by atoms with van der Waals surface area (Å²) in [5, 5.41) is 11.7. The highest BCUT2D eigenvalue weighted by Crippen LogP contribution is 2.33. The number of carbonyl (C=O) groups is 1. The number of rotatable bonds is 6. The minimum Gasteiger partial charge on any atom is -0.460 e. The number of hydrogen-bond acceptors (Lipinski definition) is 6. The average Bonchev–Trinajstić information content (AvgIpc) is 3.48. The molecule has 1 aliphatic heterocycles. The summed E-state index contributed by atoms with van der Waals surface area (Å²) in [6.45, 7) is 2.46. The maximum Gasteiger partial charge on any atom is 0.451 e. The van der Waals surface area contributed by atoms with Gasteiger partial charge in [-0.15, -0.1) is 0 Å². The highest BCUT2D eigenvalue weighted by atomic mass is 19.4. The van der Waals surface area contributed by atoms with E-state index in [2.05, 4.69) is 21.4 Å². The van der Waals surface area contributed by atoms with Crippen molar-refractivity contribution in [3.05, 3.63) is 65.2 Å². The van der Waals surface area contributed by atoms with Crippen LogP contribution in [0.4, 0.5) is 19.0 Å². The molecular formula is C24H22F3N5O2. The second-order valence-corrected chi connectivity index (χ2v) is 8.04. The molecule has 3 aromatic rings. The number of amides is 1. The van der Waals surface area contributed by atoms with E-state index in [0.29, 0.717) is 43.7 Å².